The second-order valence-electron chi connectivity index (χ2n) is 18.5. The third kappa shape index (κ3) is 50.5. The van der Waals surface area contributed by atoms with Gasteiger partial charge in [-0.2, -0.15) is 0 Å². The molecule has 0 saturated carbocycles. The fraction of sp³-hybridized carbons (Fsp3) is 0.842. The highest BCUT2D eigenvalue weighted by Gasteiger charge is 2.19. The molecule has 0 bridgehead atoms. The summed E-state index contributed by atoms with van der Waals surface area (Å²) in [6, 6.07) is 0. The molecule has 1 unspecified atom stereocenters. The average Bonchev–Trinajstić information content (AvgIpc) is 3.28. The molecule has 0 fully saturated rings. The smallest absolute Gasteiger partial charge is 0.306 e. The minimum absolute atomic E-state index is 0.0761. The van der Waals surface area contributed by atoms with Crippen LogP contribution < -0.4 is 0 Å². The molecule has 0 N–H and O–H groups in total. The summed E-state index contributed by atoms with van der Waals surface area (Å²) in [5.41, 5.74) is 0. The van der Waals surface area contributed by atoms with Crippen molar-refractivity contribution in [2.75, 3.05) is 13.2 Å². The van der Waals surface area contributed by atoms with Crippen LogP contribution in [-0.4, -0.2) is 37.2 Å². The van der Waals surface area contributed by atoms with Gasteiger partial charge in [-0.3, -0.25) is 14.4 Å². The van der Waals surface area contributed by atoms with E-state index in [1.807, 2.05) is 0 Å². The maximum atomic E-state index is 12.8. The number of hydrogen-bond acceptors (Lipinski definition) is 6. The van der Waals surface area contributed by atoms with Crippen LogP contribution in [0.15, 0.2) is 36.5 Å². The number of ether oxygens (including phenoxy) is 3. The number of rotatable bonds is 50. The Balaban J connectivity index is 4.36. The van der Waals surface area contributed by atoms with Gasteiger partial charge in [0.2, 0.25) is 0 Å². The van der Waals surface area contributed by atoms with Crippen LogP contribution >= 0.6 is 0 Å². The summed E-state index contributed by atoms with van der Waals surface area (Å²) in [5.74, 6) is -0.882. The molecule has 0 spiro atoms. The van der Waals surface area contributed by atoms with Crippen LogP contribution in [0.3, 0.4) is 0 Å². The molecule has 0 aliphatic carbocycles. The summed E-state index contributed by atoms with van der Waals surface area (Å²) in [4.78, 5) is 38.0. The van der Waals surface area contributed by atoms with Gasteiger partial charge in [0.05, 0.1) is 0 Å². The zero-order valence-corrected chi connectivity index (χ0v) is 42.1. The lowest BCUT2D eigenvalue weighted by molar-refractivity contribution is -0.167. The van der Waals surface area contributed by atoms with Gasteiger partial charge in [0.15, 0.2) is 6.10 Å². The molecule has 0 aromatic rings. The zero-order valence-electron chi connectivity index (χ0n) is 42.1. The maximum Gasteiger partial charge on any atom is 0.306 e. The highest BCUT2D eigenvalue weighted by Crippen LogP contribution is 2.15. The number of carbonyl (C=O) groups excluding carboxylic acids is 3. The molecule has 0 aliphatic rings. The minimum atomic E-state index is -0.777. The molecular weight excluding hydrogens is 781 g/mol. The predicted octanol–water partition coefficient (Wildman–Crippen LogP) is 18.1. The molecule has 63 heavy (non-hydrogen) atoms. The number of hydrogen-bond donors (Lipinski definition) is 0. The molecular formula is C57H104O6. The molecule has 0 aliphatic heterocycles. The number of allylic oxidation sites excluding steroid dienone is 6. The van der Waals surface area contributed by atoms with Crippen LogP contribution in [0.1, 0.15) is 290 Å². The van der Waals surface area contributed by atoms with Gasteiger partial charge in [0, 0.05) is 19.3 Å². The third-order valence-corrected chi connectivity index (χ3v) is 12.1. The Bertz CT molecular complexity index is 1060. The first kappa shape index (κ1) is 60.6. The van der Waals surface area contributed by atoms with Crippen LogP contribution in [0.5, 0.6) is 0 Å². The number of unbranched alkanes of at least 4 members (excludes halogenated alkanes) is 33. The van der Waals surface area contributed by atoms with Gasteiger partial charge in [-0.25, -0.2) is 0 Å². The second kappa shape index (κ2) is 52.3. The van der Waals surface area contributed by atoms with E-state index in [9.17, 15) is 14.4 Å². The lowest BCUT2D eigenvalue weighted by Crippen LogP contribution is -2.30. The largest absolute Gasteiger partial charge is 0.462 e. The van der Waals surface area contributed by atoms with Crippen molar-refractivity contribution in [3.63, 3.8) is 0 Å². The van der Waals surface area contributed by atoms with Gasteiger partial charge < -0.3 is 14.2 Å². The molecule has 1 atom stereocenters. The van der Waals surface area contributed by atoms with Gasteiger partial charge in [-0.1, -0.05) is 231 Å². The van der Waals surface area contributed by atoms with Crippen LogP contribution in [-0.2, 0) is 28.6 Å². The summed E-state index contributed by atoms with van der Waals surface area (Å²) >= 11 is 0. The molecule has 368 valence electrons. The Labute approximate surface area is 391 Å². The standard InChI is InChI=1S/C57H104O6/c1-4-7-10-13-16-19-22-25-27-29-31-32-35-38-41-44-47-50-56(59)62-53-54(52-61-55(58)49-46-43-40-37-34-24-21-18-15-12-9-6-3)63-57(60)51-48-45-42-39-36-33-30-28-26-23-20-17-14-11-8-5-2/h20,23,25,27-28,30,54H,4-19,21-22,24,26,29,31-53H2,1-3H3/b23-20-,27-25-,30-28-. The van der Waals surface area contributed by atoms with E-state index in [1.165, 1.54) is 167 Å². The van der Waals surface area contributed by atoms with Crippen LogP contribution in [0.2, 0.25) is 0 Å². The van der Waals surface area contributed by atoms with Gasteiger partial charge in [0.1, 0.15) is 13.2 Å². The van der Waals surface area contributed by atoms with E-state index in [0.29, 0.717) is 19.3 Å². The van der Waals surface area contributed by atoms with Crippen molar-refractivity contribution in [1.82, 2.24) is 0 Å². The Morgan fingerprint density at radius 1 is 0.317 bits per heavy atom. The van der Waals surface area contributed by atoms with E-state index in [4.69, 9.17) is 14.2 Å². The SMILES string of the molecule is CCCCCC/C=C\C/C=C\CCCCCCCC(=O)OC(COC(=O)CCCCCCCCC/C=C\CCCCCCCC)COC(=O)CCCCCCCCCCCCCC. The Kier molecular flexibility index (Phi) is 50.3. The highest BCUT2D eigenvalue weighted by atomic mass is 16.6. The molecule has 0 aromatic carbocycles. The van der Waals surface area contributed by atoms with Gasteiger partial charge in [-0.15, -0.1) is 0 Å². The summed E-state index contributed by atoms with van der Waals surface area (Å²) in [6.45, 7) is 6.63. The van der Waals surface area contributed by atoms with Gasteiger partial charge in [0.25, 0.3) is 0 Å². The lowest BCUT2D eigenvalue weighted by Gasteiger charge is -2.18. The zero-order chi connectivity index (χ0) is 45.8. The number of esters is 3. The summed E-state index contributed by atoms with van der Waals surface area (Å²) in [7, 11) is 0. The summed E-state index contributed by atoms with van der Waals surface area (Å²) in [5, 5.41) is 0. The molecule has 0 aromatic heterocycles. The molecule has 6 nitrogen and oxygen atoms in total. The molecule has 0 radical (unpaired) electrons. The minimum Gasteiger partial charge on any atom is -0.462 e. The predicted molar refractivity (Wildman–Crippen MR) is 270 cm³/mol. The van der Waals surface area contributed by atoms with Gasteiger partial charge in [-0.05, 0) is 77.0 Å². The van der Waals surface area contributed by atoms with E-state index in [1.54, 1.807) is 0 Å². The fourth-order valence-electron chi connectivity index (χ4n) is 7.94. The first-order valence-electron chi connectivity index (χ1n) is 27.5. The normalized spacial score (nSPS) is 12.2. The fourth-order valence-corrected chi connectivity index (χ4v) is 7.94. The Morgan fingerprint density at radius 2 is 0.571 bits per heavy atom. The van der Waals surface area contributed by atoms with Crippen LogP contribution in [0, 0.1) is 0 Å². The quantitative estimate of drug-likeness (QED) is 0.0262. The van der Waals surface area contributed by atoms with Crippen molar-refractivity contribution in [2.45, 2.75) is 297 Å². The molecule has 0 saturated heterocycles. The Morgan fingerprint density at radius 3 is 0.905 bits per heavy atom. The first-order chi connectivity index (χ1) is 31.0. The number of carbonyl (C=O) groups is 3. The van der Waals surface area contributed by atoms with E-state index < -0.39 is 6.10 Å². The van der Waals surface area contributed by atoms with Crippen molar-refractivity contribution in [3.8, 4) is 0 Å². The maximum absolute atomic E-state index is 12.8. The molecule has 0 amide bonds. The Hall–Kier alpha value is -2.37. The van der Waals surface area contributed by atoms with Crippen molar-refractivity contribution >= 4 is 17.9 Å². The topological polar surface area (TPSA) is 78.9 Å². The second-order valence-corrected chi connectivity index (χ2v) is 18.5. The van der Waals surface area contributed by atoms with E-state index >= 15 is 0 Å². The van der Waals surface area contributed by atoms with Crippen molar-refractivity contribution < 1.29 is 28.6 Å². The van der Waals surface area contributed by atoms with E-state index in [0.717, 1.165) is 83.5 Å². The van der Waals surface area contributed by atoms with Crippen molar-refractivity contribution in [3.05, 3.63) is 36.5 Å². The summed E-state index contributed by atoms with van der Waals surface area (Å²) in [6.07, 6.45) is 61.2. The molecule has 0 rings (SSSR count). The highest BCUT2D eigenvalue weighted by molar-refractivity contribution is 5.71. The monoisotopic (exact) mass is 885 g/mol. The van der Waals surface area contributed by atoms with E-state index in [-0.39, 0.29) is 31.1 Å². The van der Waals surface area contributed by atoms with Crippen LogP contribution in [0.25, 0.3) is 0 Å². The van der Waals surface area contributed by atoms with Gasteiger partial charge >= 0.3 is 17.9 Å². The molecule has 6 heteroatoms. The third-order valence-electron chi connectivity index (χ3n) is 12.1. The first-order valence-corrected chi connectivity index (χ1v) is 27.5. The summed E-state index contributed by atoms with van der Waals surface area (Å²) < 4.78 is 16.8. The lowest BCUT2D eigenvalue weighted by atomic mass is 10.0. The average molecular weight is 885 g/mol. The van der Waals surface area contributed by atoms with E-state index in [2.05, 4.69) is 57.2 Å². The van der Waals surface area contributed by atoms with Crippen molar-refractivity contribution in [2.24, 2.45) is 0 Å². The molecule has 0 heterocycles. The van der Waals surface area contributed by atoms with Crippen molar-refractivity contribution in [1.29, 1.82) is 0 Å². The van der Waals surface area contributed by atoms with Crippen LogP contribution in [0.4, 0.5) is 0 Å².